The van der Waals surface area contributed by atoms with Crippen molar-refractivity contribution in [1.82, 2.24) is 0 Å². The summed E-state index contributed by atoms with van der Waals surface area (Å²) in [5.41, 5.74) is 5.43. The fourth-order valence-corrected chi connectivity index (χ4v) is 3.81. The fraction of sp³-hybridized carbons (Fsp3) is 0.0625. The highest BCUT2D eigenvalue weighted by atomic mass is 32.1. The molecule has 1 aromatic carbocycles. The van der Waals surface area contributed by atoms with Crippen molar-refractivity contribution in [3.05, 3.63) is 52.2 Å². The van der Waals surface area contributed by atoms with E-state index in [1.165, 1.54) is 28.7 Å². The molecule has 0 aliphatic rings. The van der Waals surface area contributed by atoms with E-state index in [4.69, 9.17) is 10.5 Å². The van der Waals surface area contributed by atoms with Gasteiger partial charge in [0.2, 0.25) is 0 Å². The largest absolute Gasteiger partial charge is 0.451 e. The van der Waals surface area contributed by atoms with Crippen LogP contribution < -0.4 is 11.1 Å². The Morgan fingerprint density at radius 1 is 1.17 bits per heavy atom. The Morgan fingerprint density at radius 2 is 1.96 bits per heavy atom. The molecule has 0 spiro atoms. The van der Waals surface area contributed by atoms with Gasteiger partial charge in [-0.05, 0) is 29.0 Å². The zero-order valence-electron chi connectivity index (χ0n) is 12.3. The van der Waals surface area contributed by atoms with Gasteiger partial charge in [0.05, 0.1) is 5.56 Å². The lowest BCUT2D eigenvalue weighted by atomic mass is 10.2. The minimum atomic E-state index is -0.631. The van der Waals surface area contributed by atoms with E-state index in [0.29, 0.717) is 9.88 Å². The minimum Gasteiger partial charge on any atom is -0.451 e. The van der Waals surface area contributed by atoms with Crippen molar-refractivity contribution in [2.24, 2.45) is 5.73 Å². The van der Waals surface area contributed by atoms with E-state index in [0.717, 1.165) is 10.1 Å². The Kier molecular flexibility index (Phi) is 4.59. The Labute approximate surface area is 144 Å². The molecule has 0 aliphatic heterocycles. The monoisotopic (exact) mass is 360 g/mol. The summed E-state index contributed by atoms with van der Waals surface area (Å²) in [6.45, 7) is -0.441. The smallest absolute Gasteiger partial charge is 0.348 e. The predicted octanol–water partition coefficient (Wildman–Crippen LogP) is 2.86. The second-order valence-electron chi connectivity index (χ2n) is 4.80. The van der Waals surface area contributed by atoms with Gasteiger partial charge in [-0.25, -0.2) is 4.79 Å². The molecule has 0 atom stereocenters. The summed E-state index contributed by atoms with van der Waals surface area (Å²) in [7, 11) is 0. The molecule has 0 radical (unpaired) electrons. The molecule has 8 heteroatoms. The van der Waals surface area contributed by atoms with E-state index in [9.17, 15) is 14.4 Å². The number of benzene rings is 1. The van der Waals surface area contributed by atoms with Crippen LogP contribution in [0.1, 0.15) is 20.0 Å². The zero-order chi connectivity index (χ0) is 17.1. The number of ether oxygens (including phenoxy) is 1. The quantitative estimate of drug-likeness (QED) is 0.684. The summed E-state index contributed by atoms with van der Waals surface area (Å²) >= 11 is 2.47. The van der Waals surface area contributed by atoms with Crippen molar-refractivity contribution in [3.8, 4) is 0 Å². The van der Waals surface area contributed by atoms with Crippen molar-refractivity contribution in [3.63, 3.8) is 0 Å². The Balaban J connectivity index is 1.60. The van der Waals surface area contributed by atoms with E-state index in [1.807, 2.05) is 24.3 Å². The molecule has 0 saturated carbocycles. The number of nitrogens with two attached hydrogens (primary N) is 1. The third-order valence-corrected chi connectivity index (χ3v) is 5.07. The van der Waals surface area contributed by atoms with Gasteiger partial charge in [0.25, 0.3) is 11.8 Å². The predicted molar refractivity (Wildman–Crippen MR) is 93.6 cm³/mol. The van der Waals surface area contributed by atoms with Crippen LogP contribution in [-0.2, 0) is 9.53 Å². The first-order valence-corrected chi connectivity index (χ1v) is 8.57. The lowest BCUT2D eigenvalue weighted by Gasteiger charge is -2.05. The van der Waals surface area contributed by atoms with Crippen LogP contribution in [0.4, 0.5) is 5.00 Å². The number of hydrogen-bond donors (Lipinski definition) is 2. The van der Waals surface area contributed by atoms with E-state index in [-0.39, 0.29) is 5.56 Å². The Bertz CT molecular complexity index is 896. The van der Waals surface area contributed by atoms with Crippen LogP contribution in [0.25, 0.3) is 10.1 Å². The molecule has 122 valence electrons. The van der Waals surface area contributed by atoms with Crippen LogP contribution in [0.2, 0.25) is 0 Å². The maximum absolute atomic E-state index is 12.0. The van der Waals surface area contributed by atoms with E-state index in [1.54, 1.807) is 11.4 Å². The summed E-state index contributed by atoms with van der Waals surface area (Å²) in [5, 5.41) is 5.43. The highest BCUT2D eigenvalue weighted by Gasteiger charge is 2.16. The number of nitrogens with one attached hydrogen (secondary N) is 1. The highest BCUT2D eigenvalue weighted by Crippen LogP contribution is 2.26. The maximum Gasteiger partial charge on any atom is 0.348 e. The number of hydrogen-bond acceptors (Lipinski definition) is 6. The van der Waals surface area contributed by atoms with Gasteiger partial charge in [0.1, 0.15) is 9.88 Å². The molecule has 2 heterocycles. The molecule has 0 fully saturated rings. The second-order valence-corrected chi connectivity index (χ2v) is 6.80. The summed E-state index contributed by atoms with van der Waals surface area (Å²) in [6.07, 6.45) is 0. The maximum atomic E-state index is 12.0. The molecule has 0 saturated heterocycles. The summed E-state index contributed by atoms with van der Waals surface area (Å²) in [4.78, 5) is 35.5. The van der Waals surface area contributed by atoms with E-state index < -0.39 is 24.4 Å². The first-order chi connectivity index (χ1) is 11.5. The van der Waals surface area contributed by atoms with Gasteiger partial charge in [-0.1, -0.05) is 18.2 Å². The van der Waals surface area contributed by atoms with Crippen LogP contribution in [0.5, 0.6) is 0 Å². The van der Waals surface area contributed by atoms with Gasteiger partial charge in [0, 0.05) is 4.70 Å². The number of esters is 1. The number of rotatable bonds is 5. The minimum absolute atomic E-state index is 0.226. The second kappa shape index (κ2) is 6.81. The standard InChI is InChI=1S/C16H12N2O4S2/c17-14(20)10-5-6-23-15(10)18-13(19)8-22-16(21)12-7-9-3-1-2-4-11(9)24-12/h1-7H,8H2,(H2,17,20)(H,18,19). The third-order valence-electron chi connectivity index (χ3n) is 3.14. The number of amides is 2. The number of primary amides is 1. The topological polar surface area (TPSA) is 98.5 Å². The molecule has 6 nitrogen and oxygen atoms in total. The van der Waals surface area contributed by atoms with Crippen LogP contribution >= 0.6 is 22.7 Å². The van der Waals surface area contributed by atoms with Crippen molar-refractivity contribution >= 4 is 55.5 Å². The van der Waals surface area contributed by atoms with Crippen LogP contribution in [0.15, 0.2) is 41.8 Å². The van der Waals surface area contributed by atoms with E-state index in [2.05, 4.69) is 5.32 Å². The van der Waals surface area contributed by atoms with Crippen molar-refractivity contribution < 1.29 is 19.1 Å². The molecule has 3 aromatic rings. The number of thiophene rings is 2. The summed E-state index contributed by atoms with van der Waals surface area (Å²) < 4.78 is 5.99. The number of carbonyl (C=O) groups excluding carboxylic acids is 3. The lowest BCUT2D eigenvalue weighted by Crippen LogP contribution is -2.22. The van der Waals surface area contributed by atoms with E-state index >= 15 is 0 Å². The highest BCUT2D eigenvalue weighted by molar-refractivity contribution is 7.20. The summed E-state index contributed by atoms with van der Waals surface area (Å²) in [5.74, 6) is -1.73. The molecule has 2 aromatic heterocycles. The first kappa shape index (κ1) is 16.2. The molecule has 0 bridgehead atoms. The van der Waals surface area contributed by atoms with Crippen molar-refractivity contribution in [2.75, 3.05) is 11.9 Å². The normalized spacial score (nSPS) is 10.5. The molecule has 0 aliphatic carbocycles. The molecule has 0 unspecified atom stereocenters. The fourth-order valence-electron chi connectivity index (χ4n) is 2.05. The third kappa shape index (κ3) is 3.44. The molecule has 24 heavy (non-hydrogen) atoms. The van der Waals surface area contributed by atoms with Gasteiger partial charge in [-0.3, -0.25) is 9.59 Å². The van der Waals surface area contributed by atoms with Gasteiger partial charge in [-0.2, -0.15) is 0 Å². The van der Waals surface area contributed by atoms with Crippen LogP contribution in [0, 0.1) is 0 Å². The molecule has 2 amide bonds. The summed E-state index contributed by atoms with van der Waals surface area (Å²) in [6, 6.07) is 10.8. The SMILES string of the molecule is NC(=O)c1ccsc1NC(=O)COC(=O)c1cc2ccccc2s1. The molecule has 3 rings (SSSR count). The van der Waals surface area contributed by atoms with Crippen LogP contribution in [-0.4, -0.2) is 24.4 Å². The van der Waals surface area contributed by atoms with Gasteiger partial charge >= 0.3 is 5.97 Å². The molecular formula is C16H12N2O4S2. The van der Waals surface area contributed by atoms with Crippen molar-refractivity contribution in [1.29, 1.82) is 0 Å². The van der Waals surface area contributed by atoms with Crippen LogP contribution in [0.3, 0.4) is 0 Å². The van der Waals surface area contributed by atoms with Gasteiger partial charge in [0.15, 0.2) is 6.61 Å². The number of carbonyl (C=O) groups is 3. The molecular weight excluding hydrogens is 348 g/mol. The Morgan fingerprint density at radius 3 is 2.71 bits per heavy atom. The zero-order valence-corrected chi connectivity index (χ0v) is 13.9. The average Bonchev–Trinajstić information content (AvgIpc) is 3.18. The lowest BCUT2D eigenvalue weighted by molar-refractivity contribution is -0.119. The number of fused-ring (bicyclic) bond motifs is 1. The van der Waals surface area contributed by atoms with Crippen molar-refractivity contribution in [2.45, 2.75) is 0 Å². The Hall–Kier alpha value is -2.71. The first-order valence-electron chi connectivity index (χ1n) is 6.87. The van der Waals surface area contributed by atoms with Gasteiger partial charge < -0.3 is 15.8 Å². The molecule has 3 N–H and O–H groups in total. The average molecular weight is 360 g/mol. The van der Waals surface area contributed by atoms with Gasteiger partial charge in [-0.15, -0.1) is 22.7 Å². The number of anilines is 1.